The maximum absolute atomic E-state index is 8.49. The Balaban J connectivity index is 0. The molecule has 0 aliphatic carbocycles. The Labute approximate surface area is 138 Å². The minimum Gasteiger partial charge on any atom is -0.358 e. The van der Waals surface area contributed by atoms with Crippen molar-refractivity contribution in [2.24, 2.45) is 0 Å². The molecule has 6 heteroatoms. The van der Waals surface area contributed by atoms with Crippen molar-refractivity contribution in [1.82, 2.24) is 0 Å². The van der Waals surface area contributed by atoms with Crippen LogP contribution in [0.1, 0.15) is 96.8 Å². The van der Waals surface area contributed by atoms with Crippen molar-refractivity contribution in [2.45, 2.75) is 96.8 Å². The first-order valence-corrected chi connectivity index (χ1v) is 10.1. The summed E-state index contributed by atoms with van der Waals surface area (Å²) in [5.41, 5.74) is 3.88. The van der Waals surface area contributed by atoms with Crippen LogP contribution < -0.4 is 24.4 Å². The summed E-state index contributed by atoms with van der Waals surface area (Å²) in [5, 5.41) is 0. The van der Waals surface area contributed by atoms with Gasteiger partial charge in [-0.15, -0.1) is 10.2 Å². The van der Waals surface area contributed by atoms with Gasteiger partial charge in [-0.1, -0.05) is 84.0 Å². The van der Waals surface area contributed by atoms with Gasteiger partial charge in [0.05, 0.1) is 6.54 Å². The average Bonchev–Trinajstić information content (AvgIpc) is 2.42. The Morgan fingerprint density at radius 3 is 1.00 bits per heavy atom. The number of rotatable bonds is 14. The first-order chi connectivity index (χ1) is 10.4. The number of hydrogen-bond acceptors (Lipinski definition) is 4. The molecule has 0 aliphatic rings. The summed E-state index contributed by atoms with van der Waals surface area (Å²) in [6.07, 6.45) is 20.2. The molecule has 0 radical (unpaired) electrons. The normalized spacial score (nSPS) is 11.2. The highest BCUT2D eigenvalue weighted by Crippen LogP contribution is 2.12. The summed E-state index contributed by atoms with van der Waals surface area (Å²) < 4.78 is 34.0. The molecular weight excluding hydrogens is 306 g/mol. The molecule has 0 fully saturated rings. The van der Waals surface area contributed by atoms with Crippen molar-refractivity contribution >= 4 is 0 Å². The highest BCUT2D eigenvalue weighted by Gasteiger charge is 1.93. The van der Waals surface area contributed by atoms with Crippen LogP contribution >= 0.6 is 0 Å². The summed E-state index contributed by atoms with van der Waals surface area (Å²) in [4.78, 5) is 0. The van der Waals surface area contributed by atoms with Gasteiger partial charge in [-0.2, -0.15) is 0 Å². The highest BCUT2D eigenvalue weighted by atomic mass is 35.7. The van der Waals surface area contributed by atoms with E-state index in [9.17, 15) is 0 Å². The fraction of sp³-hybridized carbons (Fsp3) is 1.00. The van der Waals surface area contributed by atoms with Gasteiger partial charge in [0.25, 0.3) is 0 Å². The third-order valence-electron chi connectivity index (χ3n) is 3.60. The first-order valence-electron chi connectivity index (χ1n) is 8.82. The molecule has 0 heterocycles. The number of hydrogen-bond donors (Lipinski definition) is 1. The molecule has 0 saturated heterocycles. The third-order valence-corrected chi connectivity index (χ3v) is 3.60. The van der Waals surface area contributed by atoms with Crippen LogP contribution in [-0.4, -0.2) is 6.54 Å². The summed E-state index contributed by atoms with van der Waals surface area (Å²) in [7, 11) is -4.94. The van der Waals surface area contributed by atoms with Crippen LogP contribution in [0.4, 0.5) is 0 Å². The van der Waals surface area contributed by atoms with Crippen LogP contribution in [0, 0.1) is 10.2 Å². The van der Waals surface area contributed by atoms with Gasteiger partial charge in [0.15, 0.2) is 0 Å². The molecule has 0 aliphatic heterocycles. The van der Waals surface area contributed by atoms with E-state index in [1.165, 1.54) is 89.9 Å². The predicted molar refractivity (Wildman–Crippen MR) is 78.1 cm³/mol. The average molecular weight is 342 g/mol. The molecule has 0 rings (SSSR count). The quantitative estimate of drug-likeness (QED) is 0.445. The van der Waals surface area contributed by atoms with E-state index in [1.54, 1.807) is 0 Å². The standard InChI is InChI=1S/C16H35N.ClHO4/c1-2-3-4-5-6-7-8-9-10-11-12-13-14-15-16-17;2-1(3,4)5/h2-17H2,1H3;(H,2,3,4,5). The summed E-state index contributed by atoms with van der Waals surface area (Å²) in [6, 6.07) is 0. The molecule has 22 heavy (non-hydrogen) atoms. The van der Waals surface area contributed by atoms with Crippen molar-refractivity contribution in [3.8, 4) is 0 Å². The van der Waals surface area contributed by atoms with Gasteiger partial charge in [0.2, 0.25) is 0 Å². The fourth-order valence-electron chi connectivity index (χ4n) is 2.37. The third kappa shape index (κ3) is 36.9. The van der Waals surface area contributed by atoms with Crippen LogP contribution in [0.15, 0.2) is 0 Å². The minimum absolute atomic E-state index is 1.12. The fourth-order valence-corrected chi connectivity index (χ4v) is 2.37. The molecule has 0 aromatic rings. The Hall–Kier alpha value is 0.0900. The van der Waals surface area contributed by atoms with E-state index >= 15 is 0 Å². The molecule has 5 nitrogen and oxygen atoms in total. The van der Waals surface area contributed by atoms with Crippen LogP contribution in [0.3, 0.4) is 0 Å². The van der Waals surface area contributed by atoms with Gasteiger partial charge in [0, 0.05) is 0 Å². The zero-order chi connectivity index (χ0) is 17.1. The maximum Gasteiger partial charge on any atom is 0.0739 e. The molecule has 0 saturated carbocycles. The number of unbranched alkanes of at least 4 members (excludes halogenated alkanes) is 13. The smallest absolute Gasteiger partial charge is 0.0739 e. The number of halogens is 1. The Morgan fingerprint density at radius 2 is 0.773 bits per heavy atom. The second-order valence-electron chi connectivity index (χ2n) is 5.83. The van der Waals surface area contributed by atoms with E-state index in [4.69, 9.17) is 18.6 Å². The van der Waals surface area contributed by atoms with Gasteiger partial charge >= 0.3 is 0 Å². The van der Waals surface area contributed by atoms with E-state index in [0.29, 0.717) is 0 Å². The lowest BCUT2D eigenvalue weighted by molar-refractivity contribution is -2.00. The SMILES string of the molecule is CCCCCCCCCCCCCCCC[NH3+].[O-][Cl+3]([O-])([O-])[O-]. The molecule has 0 spiro atoms. The van der Waals surface area contributed by atoms with Crippen LogP contribution in [0.25, 0.3) is 0 Å². The van der Waals surface area contributed by atoms with E-state index in [1.807, 2.05) is 0 Å². The van der Waals surface area contributed by atoms with Crippen molar-refractivity contribution in [3.05, 3.63) is 0 Å². The molecular formula is C16H36ClNO4. The molecule has 3 N–H and O–H groups in total. The van der Waals surface area contributed by atoms with Crippen LogP contribution in [0.2, 0.25) is 0 Å². The lowest BCUT2D eigenvalue weighted by Crippen LogP contribution is -2.68. The minimum atomic E-state index is -4.94. The van der Waals surface area contributed by atoms with Gasteiger partial charge in [-0.25, -0.2) is 18.6 Å². The van der Waals surface area contributed by atoms with E-state index in [2.05, 4.69) is 12.7 Å². The monoisotopic (exact) mass is 341 g/mol. The second-order valence-corrected chi connectivity index (χ2v) is 6.58. The molecule has 0 aromatic heterocycles. The van der Waals surface area contributed by atoms with Gasteiger partial charge < -0.3 is 5.73 Å². The number of quaternary nitrogens is 1. The zero-order valence-corrected chi connectivity index (χ0v) is 15.1. The van der Waals surface area contributed by atoms with Gasteiger partial charge in [-0.3, -0.25) is 0 Å². The largest absolute Gasteiger partial charge is 0.358 e. The van der Waals surface area contributed by atoms with Crippen molar-refractivity contribution in [2.75, 3.05) is 6.54 Å². The molecule has 0 atom stereocenters. The maximum atomic E-state index is 8.49. The Kier molecular flexibility index (Phi) is 21.2. The summed E-state index contributed by atoms with van der Waals surface area (Å²) in [6.45, 7) is 3.41. The van der Waals surface area contributed by atoms with Crippen molar-refractivity contribution < 1.29 is 34.6 Å². The van der Waals surface area contributed by atoms with Crippen molar-refractivity contribution in [3.63, 3.8) is 0 Å². The molecule has 0 amide bonds. The van der Waals surface area contributed by atoms with Crippen LogP contribution in [0.5, 0.6) is 0 Å². The highest BCUT2D eigenvalue weighted by molar-refractivity contribution is 4.48. The molecule has 0 unspecified atom stereocenters. The molecule has 0 aromatic carbocycles. The first kappa shape index (κ1) is 24.3. The Morgan fingerprint density at radius 1 is 0.545 bits per heavy atom. The van der Waals surface area contributed by atoms with E-state index < -0.39 is 10.2 Å². The van der Waals surface area contributed by atoms with Crippen LogP contribution in [-0.2, 0) is 0 Å². The van der Waals surface area contributed by atoms with Crippen molar-refractivity contribution in [1.29, 1.82) is 0 Å². The predicted octanol–water partition coefficient (Wildman–Crippen LogP) is -0.0464. The second kappa shape index (κ2) is 19.1. The lowest BCUT2D eigenvalue weighted by atomic mass is 10.0. The molecule has 136 valence electrons. The Bertz CT molecular complexity index is 181. The zero-order valence-electron chi connectivity index (χ0n) is 14.3. The summed E-state index contributed by atoms with van der Waals surface area (Å²) in [5.74, 6) is 0. The molecule has 0 bridgehead atoms. The van der Waals surface area contributed by atoms with E-state index in [-0.39, 0.29) is 0 Å². The topological polar surface area (TPSA) is 120 Å². The van der Waals surface area contributed by atoms with Gasteiger partial charge in [-0.05, 0) is 12.8 Å². The van der Waals surface area contributed by atoms with E-state index in [0.717, 1.165) is 6.54 Å². The summed E-state index contributed by atoms with van der Waals surface area (Å²) >= 11 is 0. The van der Waals surface area contributed by atoms with Gasteiger partial charge in [0.1, 0.15) is 0 Å². The lowest BCUT2D eigenvalue weighted by Gasteiger charge is -2.17.